The zero-order valence-corrected chi connectivity index (χ0v) is 17.2. The first-order chi connectivity index (χ1) is 15.2. The standard InChI is InChI=1S/C24H23N5O2/c1-31-19-10-8-18(9-11-19)29-13-12-17(28-29)15-25-23-14-21(24(30)26-16-6-7-16)20-4-2-3-5-22(20)27-23/h2-5,8-14,16H,6-7,15H2,1H3,(H,25,27)(H,26,30). The normalized spacial score (nSPS) is 13.2. The minimum Gasteiger partial charge on any atom is -0.497 e. The minimum atomic E-state index is -0.0482. The van der Waals surface area contributed by atoms with Crippen LogP contribution in [0.5, 0.6) is 5.75 Å². The molecule has 7 nitrogen and oxygen atoms in total. The van der Waals surface area contributed by atoms with E-state index in [0.29, 0.717) is 24.0 Å². The van der Waals surface area contributed by atoms with Gasteiger partial charge >= 0.3 is 0 Å². The van der Waals surface area contributed by atoms with Crippen molar-refractivity contribution >= 4 is 22.6 Å². The molecule has 0 spiro atoms. The molecule has 0 unspecified atom stereocenters. The predicted octanol–water partition coefficient (Wildman–Crippen LogP) is 3.93. The molecule has 0 bridgehead atoms. The Bertz CT molecular complexity index is 1230. The number of para-hydroxylation sites is 1. The number of pyridine rings is 1. The molecule has 4 aromatic rings. The second-order valence-electron chi connectivity index (χ2n) is 7.62. The van der Waals surface area contributed by atoms with Gasteiger partial charge in [0, 0.05) is 17.6 Å². The highest BCUT2D eigenvalue weighted by Gasteiger charge is 2.25. The van der Waals surface area contributed by atoms with Gasteiger partial charge in [-0.3, -0.25) is 4.79 Å². The number of carbonyl (C=O) groups excluding carboxylic acids is 1. The number of nitrogens with one attached hydrogen (secondary N) is 2. The van der Waals surface area contributed by atoms with Crippen LogP contribution < -0.4 is 15.4 Å². The molecule has 5 rings (SSSR count). The lowest BCUT2D eigenvalue weighted by Gasteiger charge is -2.11. The third-order valence-electron chi connectivity index (χ3n) is 5.31. The van der Waals surface area contributed by atoms with Gasteiger partial charge in [0.15, 0.2) is 0 Å². The predicted molar refractivity (Wildman–Crippen MR) is 120 cm³/mol. The third kappa shape index (κ3) is 4.21. The largest absolute Gasteiger partial charge is 0.497 e. The average Bonchev–Trinajstić information content (AvgIpc) is 3.50. The van der Waals surface area contributed by atoms with Crippen molar-refractivity contribution in [2.45, 2.75) is 25.4 Å². The third-order valence-corrected chi connectivity index (χ3v) is 5.31. The van der Waals surface area contributed by atoms with Gasteiger partial charge in [0.25, 0.3) is 5.91 Å². The molecule has 156 valence electrons. The van der Waals surface area contributed by atoms with E-state index in [2.05, 4.69) is 20.7 Å². The maximum absolute atomic E-state index is 12.8. The Morgan fingerprint density at radius 3 is 2.71 bits per heavy atom. The van der Waals surface area contributed by atoms with Crippen molar-refractivity contribution < 1.29 is 9.53 Å². The van der Waals surface area contributed by atoms with Crippen molar-refractivity contribution in [3.63, 3.8) is 0 Å². The van der Waals surface area contributed by atoms with E-state index in [1.807, 2.05) is 71.5 Å². The fourth-order valence-corrected chi connectivity index (χ4v) is 3.46. The number of carbonyl (C=O) groups is 1. The quantitative estimate of drug-likeness (QED) is 0.480. The van der Waals surface area contributed by atoms with Crippen LogP contribution in [0.4, 0.5) is 5.82 Å². The molecule has 2 aromatic carbocycles. The second-order valence-corrected chi connectivity index (χ2v) is 7.62. The molecule has 2 heterocycles. The van der Waals surface area contributed by atoms with Crippen LogP contribution in [0.15, 0.2) is 66.9 Å². The highest BCUT2D eigenvalue weighted by Crippen LogP contribution is 2.24. The van der Waals surface area contributed by atoms with Crippen LogP contribution >= 0.6 is 0 Å². The highest BCUT2D eigenvalue weighted by molar-refractivity contribution is 6.07. The fourth-order valence-electron chi connectivity index (χ4n) is 3.46. The molecule has 0 atom stereocenters. The van der Waals surface area contributed by atoms with E-state index >= 15 is 0 Å². The summed E-state index contributed by atoms with van der Waals surface area (Å²) in [5.41, 5.74) is 3.26. The van der Waals surface area contributed by atoms with E-state index in [-0.39, 0.29) is 5.91 Å². The number of anilines is 1. The van der Waals surface area contributed by atoms with Crippen molar-refractivity contribution in [3.8, 4) is 11.4 Å². The molecule has 2 N–H and O–H groups in total. The molecule has 2 aromatic heterocycles. The molecule has 7 heteroatoms. The number of benzene rings is 2. The lowest BCUT2D eigenvalue weighted by molar-refractivity contribution is 0.0952. The summed E-state index contributed by atoms with van der Waals surface area (Å²) in [6, 6.07) is 19.5. The van der Waals surface area contributed by atoms with Gasteiger partial charge in [-0.05, 0) is 55.3 Å². The smallest absolute Gasteiger partial charge is 0.252 e. The van der Waals surface area contributed by atoms with Gasteiger partial charge in [-0.2, -0.15) is 5.10 Å². The summed E-state index contributed by atoms with van der Waals surface area (Å²) in [4.78, 5) is 17.4. The Balaban J connectivity index is 1.34. The Kier molecular flexibility index (Phi) is 5.00. The van der Waals surface area contributed by atoms with E-state index in [0.717, 1.165) is 40.9 Å². The monoisotopic (exact) mass is 413 g/mol. The van der Waals surface area contributed by atoms with Crippen LogP contribution in [0.3, 0.4) is 0 Å². The minimum absolute atomic E-state index is 0.0482. The molecule has 1 amide bonds. The van der Waals surface area contributed by atoms with Gasteiger partial charge in [0.1, 0.15) is 11.6 Å². The van der Waals surface area contributed by atoms with Crippen molar-refractivity contribution in [2.24, 2.45) is 0 Å². The SMILES string of the molecule is COc1ccc(-n2ccc(CNc3cc(C(=O)NC4CC4)c4ccccc4n3)n2)cc1. The summed E-state index contributed by atoms with van der Waals surface area (Å²) in [5, 5.41) is 11.9. The fraction of sp³-hybridized carbons (Fsp3) is 0.208. The maximum atomic E-state index is 12.8. The van der Waals surface area contributed by atoms with Crippen LogP contribution in [0.2, 0.25) is 0 Å². The van der Waals surface area contributed by atoms with Crippen LogP contribution in [-0.2, 0) is 6.54 Å². The van der Waals surface area contributed by atoms with Crippen molar-refractivity contribution in [2.75, 3.05) is 12.4 Å². The van der Waals surface area contributed by atoms with Crippen molar-refractivity contribution in [1.29, 1.82) is 0 Å². The Hall–Kier alpha value is -3.87. The van der Waals surface area contributed by atoms with Gasteiger partial charge in [0.05, 0.1) is 36.1 Å². The number of ether oxygens (including phenoxy) is 1. The number of hydrogen-bond acceptors (Lipinski definition) is 5. The zero-order chi connectivity index (χ0) is 21.2. The summed E-state index contributed by atoms with van der Waals surface area (Å²) >= 11 is 0. The van der Waals surface area contributed by atoms with E-state index in [1.54, 1.807) is 7.11 Å². The van der Waals surface area contributed by atoms with Gasteiger partial charge < -0.3 is 15.4 Å². The summed E-state index contributed by atoms with van der Waals surface area (Å²) in [7, 11) is 1.65. The lowest BCUT2D eigenvalue weighted by Crippen LogP contribution is -2.25. The highest BCUT2D eigenvalue weighted by atomic mass is 16.5. The number of methoxy groups -OCH3 is 1. The number of aromatic nitrogens is 3. The molecule has 31 heavy (non-hydrogen) atoms. The molecule has 1 saturated carbocycles. The average molecular weight is 413 g/mol. The summed E-state index contributed by atoms with van der Waals surface area (Å²) < 4.78 is 7.02. The molecular weight excluding hydrogens is 390 g/mol. The molecular formula is C24H23N5O2. The topological polar surface area (TPSA) is 81.1 Å². The van der Waals surface area contributed by atoms with E-state index in [9.17, 15) is 4.79 Å². The van der Waals surface area contributed by atoms with Gasteiger partial charge in [0.2, 0.25) is 0 Å². The van der Waals surface area contributed by atoms with Gasteiger partial charge in [-0.1, -0.05) is 18.2 Å². The molecule has 1 fully saturated rings. The second kappa shape index (κ2) is 8.10. The molecule has 0 aliphatic heterocycles. The van der Waals surface area contributed by atoms with Gasteiger partial charge in [-0.25, -0.2) is 9.67 Å². The zero-order valence-electron chi connectivity index (χ0n) is 17.2. The molecule has 1 aliphatic rings. The van der Waals surface area contributed by atoms with Crippen LogP contribution in [0.25, 0.3) is 16.6 Å². The van der Waals surface area contributed by atoms with E-state index in [4.69, 9.17) is 4.74 Å². The first-order valence-corrected chi connectivity index (χ1v) is 10.3. The van der Waals surface area contributed by atoms with E-state index in [1.165, 1.54) is 0 Å². The summed E-state index contributed by atoms with van der Waals surface area (Å²) in [6.45, 7) is 0.498. The van der Waals surface area contributed by atoms with E-state index < -0.39 is 0 Å². The number of fused-ring (bicyclic) bond motifs is 1. The number of hydrogen-bond donors (Lipinski definition) is 2. The number of rotatable bonds is 7. The number of amides is 1. The Morgan fingerprint density at radius 1 is 1.13 bits per heavy atom. The maximum Gasteiger partial charge on any atom is 0.252 e. The van der Waals surface area contributed by atoms with Crippen molar-refractivity contribution in [1.82, 2.24) is 20.1 Å². The van der Waals surface area contributed by atoms with Crippen LogP contribution in [-0.4, -0.2) is 33.8 Å². The molecule has 0 radical (unpaired) electrons. The van der Waals surface area contributed by atoms with Crippen LogP contribution in [0.1, 0.15) is 28.9 Å². The first kappa shape index (κ1) is 19.1. The number of nitrogens with zero attached hydrogens (tertiary/aromatic N) is 3. The Labute approximate surface area is 180 Å². The first-order valence-electron chi connectivity index (χ1n) is 10.3. The molecule has 1 aliphatic carbocycles. The lowest BCUT2D eigenvalue weighted by atomic mass is 10.1. The van der Waals surface area contributed by atoms with Crippen molar-refractivity contribution in [3.05, 3.63) is 78.1 Å². The summed E-state index contributed by atoms with van der Waals surface area (Å²) in [6.07, 6.45) is 4.02. The Morgan fingerprint density at radius 2 is 1.94 bits per heavy atom. The summed E-state index contributed by atoms with van der Waals surface area (Å²) in [5.74, 6) is 1.41. The molecule has 0 saturated heterocycles. The van der Waals surface area contributed by atoms with Gasteiger partial charge in [-0.15, -0.1) is 0 Å². The van der Waals surface area contributed by atoms with Crippen LogP contribution in [0, 0.1) is 0 Å².